The van der Waals surface area contributed by atoms with Gasteiger partial charge in [0.1, 0.15) is 17.9 Å². The molecule has 3 N–H and O–H groups in total. The van der Waals surface area contributed by atoms with E-state index in [2.05, 4.69) is 10.3 Å². The molecule has 6 nitrogen and oxygen atoms in total. The number of carbonyl (C=O) groups is 1. The summed E-state index contributed by atoms with van der Waals surface area (Å²) in [6, 6.07) is 16.6. The van der Waals surface area contributed by atoms with E-state index in [1.165, 1.54) is 0 Å². The van der Waals surface area contributed by atoms with E-state index >= 15 is 0 Å². The summed E-state index contributed by atoms with van der Waals surface area (Å²) in [5, 5.41) is 22.7. The number of rotatable bonds is 7. The third kappa shape index (κ3) is 5.42. The molecule has 0 aliphatic heterocycles. The second kappa shape index (κ2) is 10.2. The lowest BCUT2D eigenvalue weighted by molar-refractivity contribution is -0.140. The highest BCUT2D eigenvalue weighted by atomic mass is 35.5. The van der Waals surface area contributed by atoms with Crippen molar-refractivity contribution >= 4 is 17.7 Å². The summed E-state index contributed by atoms with van der Waals surface area (Å²) in [6.45, 7) is -0.0371. The maximum Gasteiger partial charge on any atom is 0.418 e. The molecule has 0 saturated heterocycles. The summed E-state index contributed by atoms with van der Waals surface area (Å²) in [5.41, 5.74) is 2.49. The van der Waals surface area contributed by atoms with Gasteiger partial charge in [0.2, 0.25) is 0 Å². The Labute approximate surface area is 204 Å². The molecular weight excluding hydrogens is 485 g/mol. The molecule has 2 atom stereocenters. The maximum absolute atomic E-state index is 13.2. The van der Waals surface area contributed by atoms with Crippen molar-refractivity contribution in [2.24, 2.45) is 0 Å². The molecule has 3 aromatic rings. The summed E-state index contributed by atoms with van der Waals surface area (Å²) in [5.74, 6) is -0.127. The van der Waals surface area contributed by atoms with Crippen molar-refractivity contribution in [2.75, 3.05) is 13.2 Å². The number of ether oxygens (including phenoxy) is 1. The minimum absolute atomic E-state index is 0.0928. The summed E-state index contributed by atoms with van der Waals surface area (Å²) in [6.07, 6.45) is -8.71. The highest BCUT2D eigenvalue weighted by molar-refractivity contribution is 6.29. The Hall–Kier alpha value is -3.14. The average molecular weight is 507 g/mol. The number of aliphatic hydroxyl groups is 2. The molecule has 0 radical (unpaired) electrons. The quantitative estimate of drug-likeness (QED) is 0.389. The SMILES string of the molecule is O=C(NCCC(O)C(O)c1cc(Cl)ncc1C(F)(F)F)OCC1c2ccccc2-c2ccccc21. The van der Waals surface area contributed by atoms with Crippen LogP contribution in [0.2, 0.25) is 5.15 Å². The lowest BCUT2D eigenvalue weighted by atomic mass is 9.98. The fraction of sp³-hybridized carbons (Fsp3) is 0.280. The average Bonchev–Trinajstić information content (AvgIpc) is 3.15. The summed E-state index contributed by atoms with van der Waals surface area (Å²) in [7, 11) is 0. The minimum atomic E-state index is -4.78. The molecule has 1 aliphatic rings. The van der Waals surface area contributed by atoms with Gasteiger partial charge in [-0.2, -0.15) is 13.2 Å². The van der Waals surface area contributed by atoms with Crippen LogP contribution in [0, 0.1) is 0 Å². The molecule has 2 unspecified atom stereocenters. The van der Waals surface area contributed by atoms with E-state index in [0.29, 0.717) is 6.20 Å². The van der Waals surface area contributed by atoms with Crippen molar-refractivity contribution in [1.82, 2.24) is 10.3 Å². The first-order valence-corrected chi connectivity index (χ1v) is 11.2. The van der Waals surface area contributed by atoms with E-state index in [-0.39, 0.29) is 30.6 Å². The molecular formula is C25H22ClF3N2O4. The first-order chi connectivity index (χ1) is 16.7. The molecule has 2 aromatic carbocycles. The molecule has 35 heavy (non-hydrogen) atoms. The molecule has 0 spiro atoms. The number of alkyl carbamates (subject to hydrolysis) is 1. The first-order valence-electron chi connectivity index (χ1n) is 10.8. The number of nitrogens with zero attached hydrogens (tertiary/aromatic N) is 1. The largest absolute Gasteiger partial charge is 0.449 e. The summed E-state index contributed by atoms with van der Waals surface area (Å²) >= 11 is 5.67. The number of aliphatic hydroxyl groups excluding tert-OH is 2. The standard InChI is InChI=1S/C25H22ClF3N2O4/c26-22-11-18(20(12-31-22)25(27,28)29)23(33)21(32)9-10-30-24(34)35-13-19-16-7-3-1-5-14(16)15-6-2-4-8-17(15)19/h1-8,11-12,19,21,23,32-33H,9-10,13H2,(H,30,34). The molecule has 1 amide bonds. The van der Waals surface area contributed by atoms with Crippen molar-refractivity contribution in [3.8, 4) is 11.1 Å². The monoisotopic (exact) mass is 506 g/mol. The predicted molar refractivity (Wildman–Crippen MR) is 123 cm³/mol. The topological polar surface area (TPSA) is 91.7 Å². The first kappa shape index (κ1) is 25.0. The molecule has 0 bridgehead atoms. The van der Waals surface area contributed by atoms with Gasteiger partial charge in [-0.25, -0.2) is 9.78 Å². The van der Waals surface area contributed by atoms with Gasteiger partial charge in [-0.05, 0) is 40.3 Å². The van der Waals surface area contributed by atoms with E-state index in [4.69, 9.17) is 16.3 Å². The van der Waals surface area contributed by atoms with Crippen LogP contribution in [0.4, 0.5) is 18.0 Å². The van der Waals surface area contributed by atoms with Gasteiger partial charge in [0, 0.05) is 18.7 Å². The number of hydrogen-bond acceptors (Lipinski definition) is 5. The Balaban J connectivity index is 1.32. The van der Waals surface area contributed by atoms with Crippen LogP contribution >= 0.6 is 11.6 Å². The third-order valence-electron chi connectivity index (χ3n) is 5.94. The van der Waals surface area contributed by atoms with Crippen molar-refractivity contribution in [3.05, 3.63) is 88.2 Å². The van der Waals surface area contributed by atoms with Crippen molar-refractivity contribution in [2.45, 2.75) is 30.7 Å². The van der Waals surface area contributed by atoms with E-state index in [0.717, 1.165) is 28.3 Å². The van der Waals surface area contributed by atoms with Crippen LogP contribution in [0.5, 0.6) is 0 Å². The molecule has 184 valence electrons. The Morgan fingerprint density at radius 3 is 2.29 bits per heavy atom. The van der Waals surface area contributed by atoms with Gasteiger partial charge in [-0.15, -0.1) is 0 Å². The van der Waals surface area contributed by atoms with Crippen LogP contribution in [0.1, 0.15) is 40.7 Å². The molecule has 4 rings (SSSR count). The zero-order chi connectivity index (χ0) is 25.2. The lowest BCUT2D eigenvalue weighted by Gasteiger charge is -2.22. The number of halogens is 4. The number of hydrogen-bond donors (Lipinski definition) is 3. The fourth-order valence-corrected chi connectivity index (χ4v) is 4.43. The Morgan fingerprint density at radius 2 is 1.69 bits per heavy atom. The van der Waals surface area contributed by atoms with Gasteiger partial charge in [0.15, 0.2) is 0 Å². The summed E-state index contributed by atoms with van der Waals surface area (Å²) in [4.78, 5) is 15.6. The van der Waals surface area contributed by atoms with E-state index in [9.17, 15) is 28.2 Å². The van der Waals surface area contributed by atoms with Crippen LogP contribution in [-0.4, -0.2) is 40.5 Å². The van der Waals surface area contributed by atoms with Crippen molar-refractivity contribution in [1.29, 1.82) is 0 Å². The van der Waals surface area contributed by atoms with E-state index < -0.39 is 35.6 Å². The Bertz CT molecular complexity index is 1180. The van der Waals surface area contributed by atoms with Gasteiger partial charge in [0.25, 0.3) is 0 Å². The third-order valence-corrected chi connectivity index (χ3v) is 6.15. The van der Waals surface area contributed by atoms with Gasteiger partial charge in [-0.3, -0.25) is 0 Å². The number of carbonyl (C=O) groups excluding carboxylic acids is 1. The number of pyridine rings is 1. The molecule has 10 heteroatoms. The Kier molecular flexibility index (Phi) is 7.30. The number of fused-ring (bicyclic) bond motifs is 3. The molecule has 1 aliphatic carbocycles. The highest BCUT2D eigenvalue weighted by Crippen LogP contribution is 2.44. The Morgan fingerprint density at radius 1 is 1.09 bits per heavy atom. The van der Waals surface area contributed by atoms with Gasteiger partial charge in [0.05, 0.1) is 11.7 Å². The van der Waals surface area contributed by atoms with Crippen LogP contribution in [0.3, 0.4) is 0 Å². The molecule has 0 fully saturated rings. The number of aromatic nitrogens is 1. The predicted octanol–water partition coefficient (Wildman–Crippen LogP) is 5.08. The van der Waals surface area contributed by atoms with E-state index in [1.54, 1.807) is 0 Å². The number of alkyl halides is 3. The van der Waals surface area contributed by atoms with Crippen LogP contribution in [0.15, 0.2) is 60.8 Å². The lowest BCUT2D eigenvalue weighted by Crippen LogP contribution is -2.31. The van der Waals surface area contributed by atoms with Gasteiger partial charge in [-0.1, -0.05) is 60.1 Å². The molecule has 1 aromatic heterocycles. The van der Waals surface area contributed by atoms with Crippen molar-refractivity contribution < 1.29 is 32.9 Å². The van der Waals surface area contributed by atoms with Gasteiger partial charge >= 0.3 is 12.3 Å². The second-order valence-electron chi connectivity index (χ2n) is 8.15. The highest BCUT2D eigenvalue weighted by Gasteiger charge is 2.37. The number of amides is 1. The van der Waals surface area contributed by atoms with Gasteiger partial charge < -0.3 is 20.3 Å². The molecule has 0 saturated carbocycles. The fourth-order valence-electron chi connectivity index (χ4n) is 4.26. The minimum Gasteiger partial charge on any atom is -0.449 e. The van der Waals surface area contributed by atoms with Crippen LogP contribution < -0.4 is 5.32 Å². The second-order valence-corrected chi connectivity index (χ2v) is 8.53. The zero-order valence-corrected chi connectivity index (χ0v) is 19.1. The molecule has 1 heterocycles. The van der Waals surface area contributed by atoms with Crippen LogP contribution in [0.25, 0.3) is 11.1 Å². The number of nitrogens with one attached hydrogen (secondary N) is 1. The van der Waals surface area contributed by atoms with E-state index in [1.807, 2.05) is 48.5 Å². The van der Waals surface area contributed by atoms with Crippen molar-refractivity contribution in [3.63, 3.8) is 0 Å². The summed E-state index contributed by atoms with van der Waals surface area (Å²) < 4.78 is 45.0. The number of benzene rings is 2. The normalized spacial score (nSPS) is 14.7. The maximum atomic E-state index is 13.2. The smallest absolute Gasteiger partial charge is 0.418 e. The zero-order valence-electron chi connectivity index (χ0n) is 18.3. The van der Waals surface area contributed by atoms with Crippen LogP contribution in [-0.2, 0) is 10.9 Å².